The van der Waals surface area contributed by atoms with E-state index in [1.807, 2.05) is 36.4 Å². The lowest BCUT2D eigenvalue weighted by molar-refractivity contribution is -0.113. The molecule has 8 heteroatoms. The molecule has 0 unspecified atom stereocenters. The van der Waals surface area contributed by atoms with Gasteiger partial charge >= 0.3 is 0 Å². The lowest BCUT2D eigenvalue weighted by Gasteiger charge is -2.03. The molecule has 2 N–H and O–H groups in total. The largest absolute Gasteiger partial charge is 0.330 e. The van der Waals surface area contributed by atoms with E-state index >= 15 is 0 Å². The van der Waals surface area contributed by atoms with Gasteiger partial charge in [0.05, 0.1) is 17.4 Å². The van der Waals surface area contributed by atoms with Crippen molar-refractivity contribution in [1.82, 2.24) is 10.2 Å². The first-order valence-corrected chi connectivity index (χ1v) is 9.11. The SMILES string of the molecule is N#Cc1ccc(NC(=O)CSc2nnc(Nc3ccccc3)s2)cc1. The third-order valence-electron chi connectivity index (χ3n) is 3.06. The van der Waals surface area contributed by atoms with Crippen molar-refractivity contribution in [2.24, 2.45) is 0 Å². The van der Waals surface area contributed by atoms with Crippen molar-refractivity contribution in [2.45, 2.75) is 4.34 Å². The van der Waals surface area contributed by atoms with Crippen molar-refractivity contribution in [2.75, 3.05) is 16.4 Å². The summed E-state index contributed by atoms with van der Waals surface area (Å²) in [7, 11) is 0. The first-order chi connectivity index (χ1) is 12.2. The van der Waals surface area contributed by atoms with Gasteiger partial charge in [0.25, 0.3) is 0 Å². The van der Waals surface area contributed by atoms with E-state index in [4.69, 9.17) is 5.26 Å². The number of aromatic nitrogens is 2. The highest BCUT2D eigenvalue weighted by molar-refractivity contribution is 8.01. The molecule has 0 saturated heterocycles. The van der Waals surface area contributed by atoms with Crippen LogP contribution in [0.1, 0.15) is 5.56 Å². The number of carbonyl (C=O) groups excluding carboxylic acids is 1. The van der Waals surface area contributed by atoms with Gasteiger partial charge in [0, 0.05) is 11.4 Å². The van der Waals surface area contributed by atoms with Crippen LogP contribution in [0.3, 0.4) is 0 Å². The molecule has 0 aliphatic carbocycles. The number of benzene rings is 2. The molecule has 1 heterocycles. The molecule has 0 spiro atoms. The van der Waals surface area contributed by atoms with Crippen LogP contribution in [0, 0.1) is 11.3 Å². The number of carbonyl (C=O) groups is 1. The van der Waals surface area contributed by atoms with E-state index in [1.54, 1.807) is 24.3 Å². The third-order valence-corrected chi connectivity index (χ3v) is 5.03. The Morgan fingerprint density at radius 2 is 1.84 bits per heavy atom. The minimum atomic E-state index is -0.137. The Labute approximate surface area is 152 Å². The summed E-state index contributed by atoms with van der Waals surface area (Å²) in [5.74, 6) is 0.0995. The Morgan fingerprint density at radius 3 is 2.56 bits per heavy atom. The van der Waals surface area contributed by atoms with Gasteiger partial charge in [-0.1, -0.05) is 41.3 Å². The van der Waals surface area contributed by atoms with Crippen LogP contribution in [0.5, 0.6) is 0 Å². The number of rotatable bonds is 6. The standard InChI is InChI=1S/C17H13N5OS2/c18-10-12-6-8-14(9-7-12)19-15(23)11-24-17-22-21-16(25-17)20-13-4-2-1-3-5-13/h1-9H,11H2,(H,19,23)(H,20,21). The molecule has 1 amide bonds. The number of anilines is 3. The van der Waals surface area contributed by atoms with Crippen molar-refractivity contribution in [1.29, 1.82) is 5.26 Å². The Balaban J connectivity index is 1.49. The fourth-order valence-electron chi connectivity index (χ4n) is 1.92. The van der Waals surface area contributed by atoms with Gasteiger partial charge < -0.3 is 10.6 Å². The number of amides is 1. The maximum absolute atomic E-state index is 12.0. The van der Waals surface area contributed by atoms with Crippen LogP contribution in [-0.4, -0.2) is 21.9 Å². The number of hydrogen-bond acceptors (Lipinski definition) is 7. The van der Waals surface area contributed by atoms with Crippen molar-refractivity contribution < 1.29 is 4.79 Å². The molecule has 3 aromatic rings. The highest BCUT2D eigenvalue weighted by Gasteiger charge is 2.09. The van der Waals surface area contributed by atoms with E-state index in [1.165, 1.54) is 23.1 Å². The molecule has 0 bridgehead atoms. The molecule has 25 heavy (non-hydrogen) atoms. The van der Waals surface area contributed by atoms with Gasteiger partial charge in [-0.25, -0.2) is 0 Å². The molecule has 0 fully saturated rings. The number of para-hydroxylation sites is 1. The van der Waals surface area contributed by atoms with Crippen LogP contribution in [0.2, 0.25) is 0 Å². The van der Waals surface area contributed by atoms with Crippen LogP contribution < -0.4 is 10.6 Å². The van der Waals surface area contributed by atoms with E-state index in [-0.39, 0.29) is 11.7 Å². The first kappa shape index (κ1) is 17.0. The summed E-state index contributed by atoms with van der Waals surface area (Å²) in [4.78, 5) is 12.0. The lowest BCUT2D eigenvalue weighted by Crippen LogP contribution is -2.13. The fraction of sp³-hybridized carbons (Fsp3) is 0.0588. The van der Waals surface area contributed by atoms with Crippen molar-refractivity contribution in [3.05, 3.63) is 60.2 Å². The summed E-state index contributed by atoms with van der Waals surface area (Å²) in [6.45, 7) is 0. The Bertz CT molecular complexity index is 887. The summed E-state index contributed by atoms with van der Waals surface area (Å²) >= 11 is 2.72. The van der Waals surface area contributed by atoms with Crippen LogP contribution in [0.4, 0.5) is 16.5 Å². The number of nitrogens with one attached hydrogen (secondary N) is 2. The van der Waals surface area contributed by atoms with E-state index in [0.717, 1.165) is 5.69 Å². The average Bonchev–Trinajstić information content (AvgIpc) is 3.09. The second-order valence-corrected chi connectivity index (χ2v) is 7.09. The minimum Gasteiger partial charge on any atom is -0.330 e. The maximum atomic E-state index is 12.0. The smallest absolute Gasteiger partial charge is 0.234 e. The Morgan fingerprint density at radius 1 is 1.08 bits per heavy atom. The highest BCUT2D eigenvalue weighted by Crippen LogP contribution is 2.27. The van der Waals surface area contributed by atoms with Gasteiger partial charge in [-0.15, -0.1) is 10.2 Å². The van der Waals surface area contributed by atoms with Crippen LogP contribution in [-0.2, 0) is 4.79 Å². The molecule has 124 valence electrons. The third kappa shape index (κ3) is 5.04. The number of nitrogens with zero attached hydrogens (tertiary/aromatic N) is 3. The molecule has 0 aliphatic rings. The summed E-state index contributed by atoms with van der Waals surface area (Å²) in [6, 6.07) is 18.5. The zero-order valence-corrected chi connectivity index (χ0v) is 14.6. The molecule has 0 radical (unpaired) electrons. The topological polar surface area (TPSA) is 90.7 Å². The average molecular weight is 367 g/mol. The molecule has 0 atom stereocenters. The van der Waals surface area contributed by atoms with Crippen molar-refractivity contribution in [3.63, 3.8) is 0 Å². The second kappa shape index (κ2) is 8.28. The number of hydrogen-bond donors (Lipinski definition) is 2. The molecule has 2 aromatic carbocycles. The first-order valence-electron chi connectivity index (χ1n) is 7.31. The quantitative estimate of drug-likeness (QED) is 0.643. The molecule has 0 aliphatic heterocycles. The van der Waals surface area contributed by atoms with Gasteiger partial charge in [-0.2, -0.15) is 5.26 Å². The van der Waals surface area contributed by atoms with Gasteiger partial charge in [0.15, 0.2) is 4.34 Å². The Hall–Kier alpha value is -2.89. The van der Waals surface area contributed by atoms with Crippen LogP contribution in [0.25, 0.3) is 0 Å². The lowest BCUT2D eigenvalue weighted by atomic mass is 10.2. The van der Waals surface area contributed by atoms with Crippen molar-refractivity contribution in [3.8, 4) is 6.07 Å². The van der Waals surface area contributed by atoms with Crippen LogP contribution >= 0.6 is 23.1 Å². The van der Waals surface area contributed by atoms with Crippen LogP contribution in [0.15, 0.2) is 58.9 Å². The molecule has 0 saturated carbocycles. The van der Waals surface area contributed by atoms with Gasteiger partial charge in [0.1, 0.15) is 0 Å². The zero-order valence-electron chi connectivity index (χ0n) is 13.0. The van der Waals surface area contributed by atoms with Gasteiger partial charge in [-0.05, 0) is 36.4 Å². The molecular weight excluding hydrogens is 354 g/mol. The van der Waals surface area contributed by atoms with Crippen molar-refractivity contribution >= 4 is 45.5 Å². The summed E-state index contributed by atoms with van der Waals surface area (Å²) < 4.78 is 0.716. The van der Waals surface area contributed by atoms with E-state index < -0.39 is 0 Å². The zero-order chi connectivity index (χ0) is 17.5. The van der Waals surface area contributed by atoms with E-state index in [2.05, 4.69) is 20.8 Å². The highest BCUT2D eigenvalue weighted by atomic mass is 32.2. The van der Waals surface area contributed by atoms with E-state index in [9.17, 15) is 4.79 Å². The second-order valence-electron chi connectivity index (χ2n) is 4.89. The summed E-state index contributed by atoms with van der Waals surface area (Å²) in [6.07, 6.45) is 0. The predicted molar refractivity (Wildman–Crippen MR) is 100 cm³/mol. The fourth-order valence-corrected chi connectivity index (χ4v) is 3.49. The normalized spacial score (nSPS) is 10.0. The Kier molecular flexibility index (Phi) is 5.61. The maximum Gasteiger partial charge on any atom is 0.234 e. The molecular formula is C17H13N5OS2. The number of nitriles is 1. The van der Waals surface area contributed by atoms with E-state index in [0.29, 0.717) is 20.7 Å². The minimum absolute atomic E-state index is 0.137. The molecule has 3 rings (SSSR count). The monoisotopic (exact) mass is 367 g/mol. The summed E-state index contributed by atoms with van der Waals surface area (Å²) in [5, 5.41) is 23.5. The number of thioether (sulfide) groups is 1. The molecule has 1 aromatic heterocycles. The predicted octanol–water partition coefficient (Wildman–Crippen LogP) is 3.88. The summed E-state index contributed by atoms with van der Waals surface area (Å²) in [5.41, 5.74) is 2.15. The van der Waals surface area contributed by atoms with Gasteiger partial charge in [0.2, 0.25) is 11.0 Å². The van der Waals surface area contributed by atoms with Gasteiger partial charge in [-0.3, -0.25) is 4.79 Å². The molecule has 6 nitrogen and oxygen atoms in total.